The second kappa shape index (κ2) is 7.42. The molecule has 2 aromatic rings. The summed E-state index contributed by atoms with van der Waals surface area (Å²) in [5, 5.41) is 3.53. The number of carbonyl (C=O) groups excluding carboxylic acids is 2. The van der Waals surface area contributed by atoms with Gasteiger partial charge < -0.3 is 10.2 Å². The molecule has 1 unspecified atom stereocenters. The van der Waals surface area contributed by atoms with Crippen molar-refractivity contribution in [2.24, 2.45) is 5.92 Å². The van der Waals surface area contributed by atoms with Crippen LogP contribution in [0.3, 0.4) is 0 Å². The lowest BCUT2D eigenvalue weighted by molar-refractivity contribution is -0.126. The summed E-state index contributed by atoms with van der Waals surface area (Å²) in [5.74, 6) is -1.34. The fourth-order valence-electron chi connectivity index (χ4n) is 2.80. The van der Waals surface area contributed by atoms with Crippen molar-refractivity contribution in [3.05, 3.63) is 63.9 Å². The Morgan fingerprint density at radius 1 is 1.20 bits per heavy atom. The molecule has 0 radical (unpaired) electrons. The molecule has 0 spiro atoms. The highest BCUT2D eigenvalue weighted by Crippen LogP contribution is 2.30. The van der Waals surface area contributed by atoms with Gasteiger partial charge in [0.1, 0.15) is 5.82 Å². The highest BCUT2D eigenvalue weighted by molar-refractivity contribution is 6.35. The van der Waals surface area contributed by atoms with Crippen molar-refractivity contribution in [1.82, 2.24) is 5.32 Å². The summed E-state index contributed by atoms with van der Waals surface area (Å²) in [5.41, 5.74) is 0.963. The predicted octanol–water partition coefficient (Wildman–Crippen LogP) is 3.80. The van der Waals surface area contributed by atoms with Gasteiger partial charge in [-0.05, 0) is 24.3 Å². The summed E-state index contributed by atoms with van der Waals surface area (Å²) >= 11 is 11.9. The van der Waals surface area contributed by atoms with Crippen LogP contribution < -0.4 is 10.2 Å². The fraction of sp³-hybridized carbons (Fsp3) is 0.222. The van der Waals surface area contributed by atoms with Crippen LogP contribution in [0.2, 0.25) is 10.0 Å². The Bertz CT molecular complexity index is 808. The van der Waals surface area contributed by atoms with Crippen LogP contribution in [0.4, 0.5) is 10.1 Å². The molecule has 3 rings (SSSR count). The number of rotatable bonds is 4. The van der Waals surface area contributed by atoms with Gasteiger partial charge in [0.15, 0.2) is 0 Å². The van der Waals surface area contributed by atoms with Crippen molar-refractivity contribution in [2.75, 3.05) is 11.4 Å². The molecule has 0 aliphatic carbocycles. The van der Waals surface area contributed by atoms with E-state index in [0.717, 1.165) is 0 Å². The van der Waals surface area contributed by atoms with Crippen molar-refractivity contribution in [3.8, 4) is 0 Å². The molecule has 2 amide bonds. The maximum Gasteiger partial charge on any atom is 0.227 e. The van der Waals surface area contributed by atoms with Gasteiger partial charge in [-0.3, -0.25) is 9.59 Å². The number of hydrogen-bond acceptors (Lipinski definition) is 2. The van der Waals surface area contributed by atoms with E-state index in [4.69, 9.17) is 23.2 Å². The monoisotopic (exact) mass is 380 g/mol. The minimum absolute atomic E-state index is 0.0825. The van der Waals surface area contributed by atoms with E-state index in [0.29, 0.717) is 21.3 Å². The molecule has 1 heterocycles. The normalized spacial score (nSPS) is 17.0. The van der Waals surface area contributed by atoms with Crippen LogP contribution in [0.1, 0.15) is 12.0 Å². The minimum atomic E-state index is -0.503. The molecule has 1 saturated heterocycles. The van der Waals surface area contributed by atoms with Gasteiger partial charge in [0, 0.05) is 40.8 Å². The lowest BCUT2D eigenvalue weighted by Crippen LogP contribution is -2.32. The van der Waals surface area contributed by atoms with Gasteiger partial charge in [0.2, 0.25) is 11.8 Å². The molecule has 1 atom stereocenters. The highest BCUT2D eigenvalue weighted by Gasteiger charge is 2.35. The molecule has 2 aromatic carbocycles. The first-order chi connectivity index (χ1) is 11.9. The second-order valence-corrected chi connectivity index (χ2v) is 6.72. The maximum absolute atomic E-state index is 13.6. The van der Waals surface area contributed by atoms with Crippen LogP contribution in [0, 0.1) is 11.7 Å². The largest absolute Gasteiger partial charge is 0.352 e. The molecule has 130 valence electrons. The molecule has 0 saturated carbocycles. The molecule has 0 aromatic heterocycles. The Labute approximate surface area is 154 Å². The highest BCUT2D eigenvalue weighted by atomic mass is 35.5. The summed E-state index contributed by atoms with van der Waals surface area (Å²) < 4.78 is 13.6. The summed E-state index contributed by atoms with van der Waals surface area (Å²) in [4.78, 5) is 26.1. The van der Waals surface area contributed by atoms with Gasteiger partial charge in [0.05, 0.1) is 5.92 Å². The van der Waals surface area contributed by atoms with Gasteiger partial charge in [-0.25, -0.2) is 4.39 Å². The van der Waals surface area contributed by atoms with E-state index in [9.17, 15) is 14.0 Å². The smallest absolute Gasteiger partial charge is 0.227 e. The number of benzene rings is 2. The number of anilines is 1. The molecule has 7 heteroatoms. The zero-order valence-corrected chi connectivity index (χ0v) is 14.6. The molecular formula is C18H15Cl2FN2O2. The van der Waals surface area contributed by atoms with Gasteiger partial charge in [-0.15, -0.1) is 0 Å². The van der Waals surface area contributed by atoms with Crippen molar-refractivity contribution >= 4 is 40.7 Å². The second-order valence-electron chi connectivity index (χ2n) is 5.84. The Hall–Kier alpha value is -2.11. The number of nitrogens with one attached hydrogen (secondary N) is 1. The van der Waals surface area contributed by atoms with Crippen molar-refractivity contribution < 1.29 is 14.0 Å². The first-order valence-corrected chi connectivity index (χ1v) is 8.47. The number of carbonyl (C=O) groups is 2. The average Bonchev–Trinajstić information content (AvgIpc) is 2.95. The quantitative estimate of drug-likeness (QED) is 0.876. The summed E-state index contributed by atoms with van der Waals surface area (Å²) in [6.07, 6.45) is 0.0905. The number of amides is 2. The van der Waals surface area contributed by atoms with Crippen molar-refractivity contribution in [3.63, 3.8) is 0 Å². The first kappa shape index (κ1) is 17.7. The maximum atomic E-state index is 13.6. The Morgan fingerprint density at radius 2 is 1.88 bits per heavy atom. The fourth-order valence-corrected chi connectivity index (χ4v) is 3.31. The SMILES string of the molecule is O=C(NCc1ccccc1F)C1CC(=O)N(c2cc(Cl)cc(Cl)c2)C1. The molecule has 1 N–H and O–H groups in total. The van der Waals surface area contributed by atoms with Gasteiger partial charge in [-0.2, -0.15) is 0 Å². The van der Waals surface area contributed by atoms with Crippen molar-refractivity contribution in [1.29, 1.82) is 0 Å². The molecule has 1 fully saturated rings. The Kier molecular flexibility index (Phi) is 5.25. The average molecular weight is 381 g/mol. The number of nitrogens with zero attached hydrogens (tertiary/aromatic N) is 1. The van der Waals surface area contributed by atoms with E-state index in [-0.39, 0.29) is 37.1 Å². The van der Waals surface area contributed by atoms with Crippen LogP contribution in [-0.4, -0.2) is 18.4 Å². The van der Waals surface area contributed by atoms with Crippen LogP contribution in [0.25, 0.3) is 0 Å². The van der Waals surface area contributed by atoms with Gasteiger partial charge in [-0.1, -0.05) is 41.4 Å². The molecule has 1 aliphatic rings. The van der Waals surface area contributed by atoms with Crippen LogP contribution >= 0.6 is 23.2 Å². The van der Waals surface area contributed by atoms with E-state index in [1.807, 2.05) is 0 Å². The van der Waals surface area contributed by atoms with E-state index < -0.39 is 5.92 Å². The Balaban J connectivity index is 1.65. The summed E-state index contributed by atoms with van der Waals surface area (Å²) in [6, 6.07) is 11.1. The number of halogens is 3. The predicted molar refractivity (Wildman–Crippen MR) is 95.2 cm³/mol. The lowest BCUT2D eigenvalue weighted by Gasteiger charge is -2.17. The topological polar surface area (TPSA) is 49.4 Å². The summed E-state index contributed by atoms with van der Waals surface area (Å²) in [7, 11) is 0. The number of hydrogen-bond donors (Lipinski definition) is 1. The third-order valence-corrected chi connectivity index (χ3v) is 4.50. The van der Waals surface area contributed by atoms with E-state index >= 15 is 0 Å². The third-order valence-electron chi connectivity index (χ3n) is 4.07. The standard InChI is InChI=1S/C18H15Cl2FN2O2/c19-13-6-14(20)8-15(7-13)23-10-12(5-17(23)24)18(25)22-9-11-3-1-2-4-16(11)21/h1-4,6-8,12H,5,9-10H2,(H,22,25). The van der Waals surface area contributed by atoms with E-state index in [2.05, 4.69) is 5.32 Å². The zero-order chi connectivity index (χ0) is 18.0. The minimum Gasteiger partial charge on any atom is -0.352 e. The first-order valence-electron chi connectivity index (χ1n) is 7.71. The molecule has 25 heavy (non-hydrogen) atoms. The molecule has 4 nitrogen and oxygen atoms in total. The van der Waals surface area contributed by atoms with E-state index in [1.165, 1.54) is 11.0 Å². The van der Waals surface area contributed by atoms with Crippen LogP contribution in [-0.2, 0) is 16.1 Å². The van der Waals surface area contributed by atoms with Crippen LogP contribution in [0.15, 0.2) is 42.5 Å². The molecule has 0 bridgehead atoms. The molecular weight excluding hydrogens is 366 g/mol. The zero-order valence-electron chi connectivity index (χ0n) is 13.1. The molecule has 1 aliphatic heterocycles. The van der Waals surface area contributed by atoms with Crippen LogP contribution in [0.5, 0.6) is 0 Å². The van der Waals surface area contributed by atoms with Gasteiger partial charge in [0.25, 0.3) is 0 Å². The Morgan fingerprint density at radius 3 is 2.56 bits per heavy atom. The third kappa shape index (κ3) is 4.11. The lowest BCUT2D eigenvalue weighted by atomic mass is 10.1. The van der Waals surface area contributed by atoms with E-state index in [1.54, 1.807) is 36.4 Å². The van der Waals surface area contributed by atoms with Crippen molar-refractivity contribution in [2.45, 2.75) is 13.0 Å². The summed E-state index contributed by atoms with van der Waals surface area (Å²) in [6.45, 7) is 0.317. The van der Waals surface area contributed by atoms with Gasteiger partial charge >= 0.3 is 0 Å².